The molecular weight excluding hydrogens is 303 g/mol. The Morgan fingerprint density at radius 3 is 2.16 bits per heavy atom. The van der Waals surface area contributed by atoms with Gasteiger partial charge in [0.25, 0.3) is 10.5 Å². The number of carbonyl (C=O) groups excluding carboxylic acids is 2. The molecule has 2 nitrogen and oxygen atoms in total. The van der Waals surface area contributed by atoms with Crippen molar-refractivity contribution in [3.63, 3.8) is 0 Å². The number of hydrogen-bond acceptors (Lipinski definition) is 3. The minimum Gasteiger partial charge on any atom is -0.276 e. The second-order valence-electron chi connectivity index (χ2n) is 3.67. The van der Waals surface area contributed by atoms with Gasteiger partial charge in [0, 0.05) is 20.9 Å². The molecule has 0 bridgehead atoms. The Balaban J connectivity index is 2.40. The predicted octanol–water partition coefficient (Wildman–Crippen LogP) is 4.60. The SMILES string of the molecule is O=C(Cl)c1ccc(Sc2ccccc2)c(C(=O)Cl)c1. The fraction of sp³-hybridized carbons (Fsp3) is 0. The molecule has 0 aromatic heterocycles. The van der Waals surface area contributed by atoms with E-state index in [1.165, 1.54) is 17.8 Å². The maximum Gasteiger partial charge on any atom is 0.253 e. The molecule has 0 spiro atoms. The van der Waals surface area contributed by atoms with Crippen molar-refractivity contribution in [2.24, 2.45) is 0 Å². The zero-order valence-corrected chi connectivity index (χ0v) is 11.9. The summed E-state index contributed by atoms with van der Waals surface area (Å²) in [6.45, 7) is 0. The molecule has 2 aromatic carbocycles. The Morgan fingerprint density at radius 1 is 0.895 bits per heavy atom. The zero-order valence-electron chi connectivity index (χ0n) is 9.60. The van der Waals surface area contributed by atoms with Crippen LogP contribution in [0.4, 0.5) is 0 Å². The third-order valence-electron chi connectivity index (χ3n) is 2.39. The maximum atomic E-state index is 11.4. The van der Waals surface area contributed by atoms with Crippen LogP contribution in [0.3, 0.4) is 0 Å². The smallest absolute Gasteiger partial charge is 0.253 e. The highest BCUT2D eigenvalue weighted by atomic mass is 35.5. The van der Waals surface area contributed by atoms with Crippen LogP contribution in [0.2, 0.25) is 0 Å². The number of rotatable bonds is 4. The molecule has 2 aromatic rings. The molecule has 2 rings (SSSR count). The highest BCUT2D eigenvalue weighted by Crippen LogP contribution is 2.32. The van der Waals surface area contributed by atoms with Gasteiger partial charge in [-0.25, -0.2) is 0 Å². The van der Waals surface area contributed by atoms with Gasteiger partial charge in [0.2, 0.25) is 0 Å². The van der Waals surface area contributed by atoms with Gasteiger partial charge in [-0.15, -0.1) is 0 Å². The van der Waals surface area contributed by atoms with Crippen molar-refractivity contribution in [2.75, 3.05) is 0 Å². The monoisotopic (exact) mass is 310 g/mol. The van der Waals surface area contributed by atoms with Gasteiger partial charge >= 0.3 is 0 Å². The molecule has 0 fully saturated rings. The van der Waals surface area contributed by atoms with Crippen LogP contribution >= 0.6 is 35.0 Å². The first kappa shape index (κ1) is 14.1. The molecule has 0 heterocycles. The third kappa shape index (κ3) is 3.60. The van der Waals surface area contributed by atoms with E-state index < -0.39 is 10.5 Å². The first-order valence-corrected chi connectivity index (χ1v) is 6.92. The topological polar surface area (TPSA) is 34.1 Å². The minimum atomic E-state index is -0.615. The molecule has 0 aliphatic carbocycles. The largest absolute Gasteiger partial charge is 0.276 e. The fourth-order valence-electron chi connectivity index (χ4n) is 1.51. The Hall–Kier alpha value is -1.29. The predicted molar refractivity (Wildman–Crippen MR) is 77.4 cm³/mol. The van der Waals surface area contributed by atoms with E-state index in [9.17, 15) is 9.59 Å². The summed E-state index contributed by atoms with van der Waals surface area (Å²) >= 11 is 12.3. The Kier molecular flexibility index (Phi) is 4.64. The van der Waals surface area contributed by atoms with Gasteiger partial charge in [-0.3, -0.25) is 9.59 Å². The van der Waals surface area contributed by atoms with E-state index >= 15 is 0 Å². The summed E-state index contributed by atoms with van der Waals surface area (Å²) in [5.74, 6) is 0. The Bertz CT molecular complexity index is 627. The van der Waals surface area contributed by atoms with E-state index in [4.69, 9.17) is 23.2 Å². The van der Waals surface area contributed by atoms with Crippen molar-refractivity contribution < 1.29 is 9.59 Å². The standard InChI is InChI=1S/C14H8Cl2O2S/c15-13(17)9-6-7-12(11(8-9)14(16)18)19-10-4-2-1-3-5-10/h1-8H. The summed E-state index contributed by atoms with van der Waals surface area (Å²) in [5.41, 5.74) is 0.532. The van der Waals surface area contributed by atoms with Crippen LogP contribution in [0, 0.1) is 0 Å². The van der Waals surface area contributed by atoms with Gasteiger partial charge in [-0.05, 0) is 53.5 Å². The Morgan fingerprint density at radius 2 is 1.58 bits per heavy atom. The van der Waals surface area contributed by atoms with E-state index in [0.29, 0.717) is 4.90 Å². The van der Waals surface area contributed by atoms with Gasteiger partial charge in [0.1, 0.15) is 0 Å². The van der Waals surface area contributed by atoms with Gasteiger partial charge in [0.15, 0.2) is 0 Å². The van der Waals surface area contributed by atoms with Gasteiger partial charge in [-0.1, -0.05) is 30.0 Å². The lowest BCUT2D eigenvalue weighted by Crippen LogP contribution is -1.97. The lowest BCUT2D eigenvalue weighted by molar-refractivity contribution is 0.107. The molecule has 0 aliphatic rings. The van der Waals surface area contributed by atoms with E-state index in [1.807, 2.05) is 30.3 Å². The molecule has 0 N–H and O–H groups in total. The summed E-state index contributed by atoms with van der Waals surface area (Å²) < 4.78 is 0. The summed E-state index contributed by atoms with van der Waals surface area (Å²) in [6.07, 6.45) is 0. The van der Waals surface area contributed by atoms with E-state index in [0.717, 1.165) is 4.90 Å². The number of benzene rings is 2. The minimum absolute atomic E-state index is 0.253. The van der Waals surface area contributed by atoms with Crippen LogP contribution in [0.25, 0.3) is 0 Å². The molecule has 0 amide bonds. The summed E-state index contributed by atoms with van der Waals surface area (Å²) in [5, 5.41) is -1.23. The van der Waals surface area contributed by atoms with Crippen molar-refractivity contribution in [3.8, 4) is 0 Å². The normalized spacial score (nSPS) is 10.2. The Labute approximate surface area is 124 Å². The second-order valence-corrected chi connectivity index (χ2v) is 5.48. The maximum absolute atomic E-state index is 11.4. The van der Waals surface area contributed by atoms with Crippen LogP contribution in [-0.4, -0.2) is 10.5 Å². The molecule has 19 heavy (non-hydrogen) atoms. The molecule has 5 heteroatoms. The first-order chi connectivity index (χ1) is 9.08. The number of carbonyl (C=O) groups is 2. The quantitative estimate of drug-likeness (QED) is 0.774. The molecule has 0 saturated heterocycles. The molecule has 0 atom stereocenters. The fourth-order valence-corrected chi connectivity index (χ4v) is 2.79. The van der Waals surface area contributed by atoms with Crippen LogP contribution in [0.5, 0.6) is 0 Å². The molecule has 0 radical (unpaired) electrons. The molecule has 96 valence electrons. The first-order valence-electron chi connectivity index (χ1n) is 5.34. The number of halogens is 2. The van der Waals surface area contributed by atoms with Crippen LogP contribution in [0.1, 0.15) is 20.7 Å². The average Bonchev–Trinajstić information content (AvgIpc) is 2.39. The highest BCUT2D eigenvalue weighted by molar-refractivity contribution is 7.99. The lowest BCUT2D eigenvalue weighted by atomic mass is 10.1. The van der Waals surface area contributed by atoms with Crippen molar-refractivity contribution in [3.05, 3.63) is 59.7 Å². The van der Waals surface area contributed by atoms with E-state index in [2.05, 4.69) is 0 Å². The third-order valence-corrected chi connectivity index (χ3v) is 3.89. The lowest BCUT2D eigenvalue weighted by Gasteiger charge is -2.07. The summed E-state index contributed by atoms with van der Waals surface area (Å²) in [7, 11) is 0. The molecule has 0 aliphatic heterocycles. The molecule has 0 saturated carbocycles. The summed E-state index contributed by atoms with van der Waals surface area (Å²) in [4.78, 5) is 24.2. The van der Waals surface area contributed by atoms with E-state index in [-0.39, 0.29) is 11.1 Å². The molecule has 0 unspecified atom stereocenters. The van der Waals surface area contributed by atoms with Crippen LogP contribution in [0.15, 0.2) is 58.3 Å². The van der Waals surface area contributed by atoms with Crippen LogP contribution in [-0.2, 0) is 0 Å². The van der Waals surface area contributed by atoms with Crippen molar-refractivity contribution in [2.45, 2.75) is 9.79 Å². The zero-order chi connectivity index (χ0) is 13.8. The van der Waals surface area contributed by atoms with Gasteiger partial charge in [-0.2, -0.15) is 0 Å². The van der Waals surface area contributed by atoms with Gasteiger partial charge in [0.05, 0.1) is 0 Å². The summed E-state index contributed by atoms with van der Waals surface area (Å²) in [6, 6.07) is 14.2. The molecular formula is C14H8Cl2O2S. The van der Waals surface area contributed by atoms with Crippen molar-refractivity contribution in [1.29, 1.82) is 0 Å². The number of hydrogen-bond donors (Lipinski definition) is 0. The highest BCUT2D eigenvalue weighted by Gasteiger charge is 2.13. The van der Waals surface area contributed by atoms with Crippen molar-refractivity contribution in [1.82, 2.24) is 0 Å². The average molecular weight is 311 g/mol. The van der Waals surface area contributed by atoms with Gasteiger partial charge < -0.3 is 0 Å². The van der Waals surface area contributed by atoms with E-state index in [1.54, 1.807) is 12.1 Å². The second kappa shape index (κ2) is 6.24. The van der Waals surface area contributed by atoms with Crippen LogP contribution < -0.4 is 0 Å². The van der Waals surface area contributed by atoms with Crippen molar-refractivity contribution >= 4 is 45.4 Å².